The van der Waals surface area contributed by atoms with Gasteiger partial charge in [0.15, 0.2) is 0 Å². The molecule has 2 N–H and O–H groups in total. The summed E-state index contributed by atoms with van der Waals surface area (Å²) in [6, 6.07) is 1.10. The zero-order chi connectivity index (χ0) is 11.4. The van der Waals surface area contributed by atoms with E-state index in [4.69, 9.17) is 5.11 Å². The van der Waals surface area contributed by atoms with Gasteiger partial charge in [0.25, 0.3) is 0 Å². The first-order valence-electron chi connectivity index (χ1n) is 4.79. The van der Waals surface area contributed by atoms with Crippen LogP contribution in [0.5, 0.6) is 0 Å². The predicted octanol–water partition coefficient (Wildman–Crippen LogP) is 1.31. The van der Waals surface area contributed by atoms with Crippen molar-refractivity contribution in [3.63, 3.8) is 0 Å². The number of nitrogens with zero attached hydrogens (tertiary/aromatic N) is 2. The Bertz CT molecular complexity index is 352. The predicted molar refractivity (Wildman–Crippen MR) is 56.7 cm³/mol. The van der Waals surface area contributed by atoms with Crippen molar-refractivity contribution >= 4 is 11.9 Å². The summed E-state index contributed by atoms with van der Waals surface area (Å²) in [7, 11) is 0. The third-order valence-electron chi connectivity index (χ3n) is 2.01. The second kappa shape index (κ2) is 4.72. The minimum absolute atomic E-state index is 0.0217. The maximum atomic E-state index is 10.9. The molecule has 0 aromatic carbocycles. The molecule has 15 heavy (non-hydrogen) atoms. The topological polar surface area (TPSA) is 75.1 Å². The second-order valence-electron chi connectivity index (χ2n) is 3.73. The van der Waals surface area contributed by atoms with Crippen molar-refractivity contribution in [1.29, 1.82) is 0 Å². The molecule has 0 radical (unpaired) electrons. The third kappa shape index (κ3) is 3.19. The SMILES string of the molecule is Cc1ccnc(N[C@H](C(=O)O)C(C)C)n1. The van der Waals surface area contributed by atoms with Gasteiger partial charge in [-0.05, 0) is 18.9 Å². The number of carboxylic acids is 1. The number of rotatable bonds is 4. The first-order chi connectivity index (χ1) is 7.00. The van der Waals surface area contributed by atoms with Crippen LogP contribution in [0.15, 0.2) is 12.3 Å². The summed E-state index contributed by atoms with van der Waals surface area (Å²) in [5, 5.41) is 11.8. The van der Waals surface area contributed by atoms with E-state index in [1.54, 1.807) is 12.3 Å². The number of aromatic nitrogens is 2. The molecule has 0 saturated carbocycles. The number of anilines is 1. The molecule has 5 heteroatoms. The van der Waals surface area contributed by atoms with Crippen molar-refractivity contribution < 1.29 is 9.90 Å². The highest BCUT2D eigenvalue weighted by molar-refractivity contribution is 5.76. The van der Waals surface area contributed by atoms with Crippen LogP contribution in [0.25, 0.3) is 0 Å². The lowest BCUT2D eigenvalue weighted by atomic mass is 10.1. The van der Waals surface area contributed by atoms with Gasteiger partial charge in [-0.2, -0.15) is 0 Å². The van der Waals surface area contributed by atoms with Gasteiger partial charge in [0.05, 0.1) is 0 Å². The Balaban J connectivity index is 2.79. The van der Waals surface area contributed by atoms with Crippen LogP contribution in [-0.2, 0) is 4.79 Å². The van der Waals surface area contributed by atoms with Crippen LogP contribution in [0.3, 0.4) is 0 Å². The largest absolute Gasteiger partial charge is 0.480 e. The van der Waals surface area contributed by atoms with Gasteiger partial charge in [-0.15, -0.1) is 0 Å². The smallest absolute Gasteiger partial charge is 0.326 e. The van der Waals surface area contributed by atoms with E-state index in [1.165, 1.54) is 0 Å². The lowest BCUT2D eigenvalue weighted by molar-refractivity contribution is -0.138. The highest BCUT2D eigenvalue weighted by Crippen LogP contribution is 2.08. The molecule has 0 bridgehead atoms. The van der Waals surface area contributed by atoms with Gasteiger partial charge >= 0.3 is 5.97 Å². The first kappa shape index (κ1) is 11.4. The van der Waals surface area contributed by atoms with E-state index in [2.05, 4.69) is 15.3 Å². The Kier molecular flexibility index (Phi) is 3.60. The number of nitrogens with one attached hydrogen (secondary N) is 1. The summed E-state index contributed by atoms with van der Waals surface area (Å²) in [4.78, 5) is 19.0. The van der Waals surface area contributed by atoms with Crippen LogP contribution in [0.1, 0.15) is 19.5 Å². The molecule has 0 fully saturated rings. The zero-order valence-electron chi connectivity index (χ0n) is 9.06. The molecule has 0 aliphatic carbocycles. The van der Waals surface area contributed by atoms with Crippen LogP contribution in [0.4, 0.5) is 5.95 Å². The maximum absolute atomic E-state index is 10.9. The molecular formula is C10H15N3O2. The molecule has 1 heterocycles. The van der Waals surface area contributed by atoms with E-state index < -0.39 is 12.0 Å². The zero-order valence-corrected chi connectivity index (χ0v) is 9.06. The molecule has 0 unspecified atom stereocenters. The summed E-state index contributed by atoms with van der Waals surface area (Å²) in [6.07, 6.45) is 1.60. The van der Waals surface area contributed by atoms with Crippen molar-refractivity contribution in [3.05, 3.63) is 18.0 Å². The van der Waals surface area contributed by atoms with Crippen molar-refractivity contribution in [2.45, 2.75) is 26.8 Å². The van der Waals surface area contributed by atoms with E-state index in [0.717, 1.165) is 5.69 Å². The number of carboxylic acid groups (broad SMARTS) is 1. The Hall–Kier alpha value is -1.65. The van der Waals surface area contributed by atoms with Gasteiger partial charge in [0, 0.05) is 11.9 Å². The van der Waals surface area contributed by atoms with E-state index >= 15 is 0 Å². The number of hydrogen-bond acceptors (Lipinski definition) is 4. The average Bonchev–Trinajstić information content (AvgIpc) is 2.13. The molecule has 1 aromatic rings. The van der Waals surface area contributed by atoms with Crippen molar-refractivity contribution in [2.75, 3.05) is 5.32 Å². The standard InChI is InChI=1S/C10H15N3O2/c1-6(2)8(9(14)15)13-10-11-5-4-7(3)12-10/h4-6,8H,1-3H3,(H,14,15)(H,11,12,13)/t8-/m0/s1. The number of hydrogen-bond donors (Lipinski definition) is 2. The molecule has 0 aliphatic heterocycles. The fraction of sp³-hybridized carbons (Fsp3) is 0.500. The van der Waals surface area contributed by atoms with Crippen LogP contribution in [-0.4, -0.2) is 27.1 Å². The van der Waals surface area contributed by atoms with Gasteiger partial charge < -0.3 is 10.4 Å². The minimum atomic E-state index is -0.893. The van der Waals surface area contributed by atoms with E-state index in [1.807, 2.05) is 20.8 Å². The van der Waals surface area contributed by atoms with E-state index in [0.29, 0.717) is 5.95 Å². The summed E-state index contributed by atoms with van der Waals surface area (Å²) >= 11 is 0. The average molecular weight is 209 g/mol. The Morgan fingerprint density at radius 2 is 2.20 bits per heavy atom. The van der Waals surface area contributed by atoms with Gasteiger partial charge in [0.1, 0.15) is 6.04 Å². The van der Waals surface area contributed by atoms with Crippen LogP contribution >= 0.6 is 0 Å². The summed E-state index contributed by atoms with van der Waals surface area (Å²) < 4.78 is 0. The number of aliphatic carboxylic acids is 1. The summed E-state index contributed by atoms with van der Waals surface area (Å²) in [5.41, 5.74) is 0.806. The molecule has 1 atom stereocenters. The molecular weight excluding hydrogens is 194 g/mol. The molecule has 1 aromatic heterocycles. The number of aryl methyl sites for hydroxylation is 1. The lowest BCUT2D eigenvalue weighted by Gasteiger charge is -2.17. The summed E-state index contributed by atoms with van der Waals surface area (Å²) in [5.74, 6) is -0.558. The quantitative estimate of drug-likeness (QED) is 0.781. The van der Waals surface area contributed by atoms with Crippen molar-refractivity contribution in [1.82, 2.24) is 9.97 Å². The van der Waals surface area contributed by atoms with Crippen LogP contribution in [0, 0.1) is 12.8 Å². The second-order valence-corrected chi connectivity index (χ2v) is 3.73. The van der Waals surface area contributed by atoms with Crippen molar-refractivity contribution in [2.24, 2.45) is 5.92 Å². The van der Waals surface area contributed by atoms with E-state index in [-0.39, 0.29) is 5.92 Å². The molecule has 0 spiro atoms. The van der Waals surface area contributed by atoms with Crippen LogP contribution in [0.2, 0.25) is 0 Å². The molecule has 0 amide bonds. The maximum Gasteiger partial charge on any atom is 0.326 e. The summed E-state index contributed by atoms with van der Waals surface area (Å²) in [6.45, 7) is 5.50. The van der Waals surface area contributed by atoms with Gasteiger partial charge in [-0.25, -0.2) is 14.8 Å². The van der Waals surface area contributed by atoms with Gasteiger partial charge in [-0.1, -0.05) is 13.8 Å². The lowest BCUT2D eigenvalue weighted by Crippen LogP contribution is -2.34. The Labute approximate surface area is 88.6 Å². The molecule has 0 saturated heterocycles. The fourth-order valence-electron chi connectivity index (χ4n) is 1.17. The molecule has 1 rings (SSSR count). The third-order valence-corrected chi connectivity index (χ3v) is 2.01. The van der Waals surface area contributed by atoms with Crippen LogP contribution < -0.4 is 5.32 Å². The minimum Gasteiger partial charge on any atom is -0.480 e. The van der Waals surface area contributed by atoms with E-state index in [9.17, 15) is 4.79 Å². The Morgan fingerprint density at radius 3 is 2.67 bits per heavy atom. The highest BCUT2D eigenvalue weighted by Gasteiger charge is 2.21. The molecule has 82 valence electrons. The molecule has 0 aliphatic rings. The fourth-order valence-corrected chi connectivity index (χ4v) is 1.17. The Morgan fingerprint density at radius 1 is 1.53 bits per heavy atom. The first-order valence-corrected chi connectivity index (χ1v) is 4.79. The number of carbonyl (C=O) groups is 1. The molecule has 5 nitrogen and oxygen atoms in total. The van der Waals surface area contributed by atoms with Gasteiger partial charge in [-0.3, -0.25) is 0 Å². The highest BCUT2D eigenvalue weighted by atomic mass is 16.4. The van der Waals surface area contributed by atoms with Crippen molar-refractivity contribution in [3.8, 4) is 0 Å². The normalized spacial score (nSPS) is 12.5. The monoisotopic (exact) mass is 209 g/mol. The van der Waals surface area contributed by atoms with Gasteiger partial charge in [0.2, 0.25) is 5.95 Å².